The Hall–Kier alpha value is -1.46. The highest BCUT2D eigenvalue weighted by Gasteiger charge is 2.22. The maximum Gasteiger partial charge on any atom is 0.323 e. The minimum atomic E-state index is -1.09. The van der Waals surface area contributed by atoms with Crippen LogP contribution in [-0.2, 0) is 9.59 Å². The third-order valence-corrected chi connectivity index (χ3v) is 3.11. The number of hydrogen-bond donors (Lipinski definition) is 2. The number of carboxylic acids is 2. The molecule has 0 fully saturated rings. The van der Waals surface area contributed by atoms with Gasteiger partial charge in [-0.15, -0.1) is 0 Å². The molecule has 0 saturated carbocycles. The second kappa shape index (κ2) is 6.63. The summed E-state index contributed by atoms with van der Waals surface area (Å²) in [5.74, 6) is -2.85. The summed E-state index contributed by atoms with van der Waals surface area (Å²) in [6, 6.07) is 4.78. The van der Waals surface area contributed by atoms with E-state index in [9.17, 15) is 9.59 Å². The van der Waals surface area contributed by atoms with Gasteiger partial charge in [-0.25, -0.2) is 0 Å². The Labute approximate surface area is 120 Å². The van der Waals surface area contributed by atoms with Crippen LogP contribution in [0.15, 0.2) is 18.2 Å². The average Bonchev–Trinajstić information content (AvgIpc) is 2.27. The molecule has 0 amide bonds. The largest absolute Gasteiger partial charge is 0.481 e. The molecule has 0 bridgehead atoms. The highest BCUT2D eigenvalue weighted by atomic mass is 35.5. The van der Waals surface area contributed by atoms with Gasteiger partial charge in [-0.3, -0.25) is 9.59 Å². The first-order valence-electron chi connectivity index (χ1n) is 5.46. The predicted molar refractivity (Wildman–Crippen MR) is 73.1 cm³/mol. The van der Waals surface area contributed by atoms with E-state index in [2.05, 4.69) is 0 Å². The standard InChI is InChI=1S/C12H13Cl2NO4/c1-7(12(18)19)5-15(6-10(16)17)11-8(13)3-2-4-9(11)14/h2-4,7H,5-6H2,1H3,(H,16,17)(H,18,19). The maximum atomic E-state index is 10.9. The van der Waals surface area contributed by atoms with Gasteiger partial charge in [0.05, 0.1) is 21.7 Å². The predicted octanol–water partition coefficient (Wildman–Crippen LogP) is 2.61. The third kappa shape index (κ3) is 4.29. The molecule has 1 atom stereocenters. The summed E-state index contributed by atoms with van der Waals surface area (Å²) in [4.78, 5) is 23.1. The first-order chi connectivity index (χ1) is 8.82. The van der Waals surface area contributed by atoms with Crippen molar-refractivity contribution in [3.63, 3.8) is 0 Å². The van der Waals surface area contributed by atoms with E-state index in [1.54, 1.807) is 18.2 Å². The van der Waals surface area contributed by atoms with Crippen molar-refractivity contribution in [3.05, 3.63) is 28.2 Å². The van der Waals surface area contributed by atoms with Crippen LogP contribution in [0.1, 0.15) is 6.92 Å². The molecule has 0 radical (unpaired) electrons. The van der Waals surface area contributed by atoms with E-state index in [1.165, 1.54) is 11.8 Å². The molecule has 0 aromatic heterocycles. The van der Waals surface area contributed by atoms with Crippen molar-refractivity contribution in [2.45, 2.75) is 6.92 Å². The van der Waals surface area contributed by atoms with E-state index < -0.39 is 17.9 Å². The number of nitrogens with zero attached hydrogens (tertiary/aromatic N) is 1. The zero-order chi connectivity index (χ0) is 14.6. The van der Waals surface area contributed by atoms with Crippen molar-refractivity contribution < 1.29 is 19.8 Å². The molecule has 7 heteroatoms. The van der Waals surface area contributed by atoms with Gasteiger partial charge in [0.2, 0.25) is 0 Å². The summed E-state index contributed by atoms with van der Waals surface area (Å²) < 4.78 is 0. The summed E-state index contributed by atoms with van der Waals surface area (Å²) in [6.45, 7) is 1.12. The van der Waals surface area contributed by atoms with Gasteiger partial charge < -0.3 is 15.1 Å². The van der Waals surface area contributed by atoms with Crippen molar-refractivity contribution in [1.29, 1.82) is 0 Å². The highest BCUT2D eigenvalue weighted by Crippen LogP contribution is 2.33. The molecule has 0 aliphatic rings. The molecule has 2 N–H and O–H groups in total. The molecule has 1 rings (SSSR count). The Bertz CT molecular complexity index is 472. The van der Waals surface area contributed by atoms with Gasteiger partial charge in [-0.2, -0.15) is 0 Å². The number of rotatable bonds is 6. The van der Waals surface area contributed by atoms with Gasteiger partial charge in [0, 0.05) is 6.54 Å². The fraction of sp³-hybridized carbons (Fsp3) is 0.333. The van der Waals surface area contributed by atoms with E-state index in [0.29, 0.717) is 5.69 Å². The molecule has 1 aromatic carbocycles. The van der Waals surface area contributed by atoms with Crippen molar-refractivity contribution >= 4 is 40.8 Å². The van der Waals surface area contributed by atoms with Crippen LogP contribution < -0.4 is 4.90 Å². The lowest BCUT2D eigenvalue weighted by molar-refractivity contribution is -0.141. The topological polar surface area (TPSA) is 77.8 Å². The first-order valence-corrected chi connectivity index (χ1v) is 6.22. The summed E-state index contributed by atoms with van der Waals surface area (Å²) in [5, 5.41) is 18.4. The number of carboxylic acid groups (broad SMARTS) is 2. The fourth-order valence-electron chi connectivity index (χ4n) is 1.60. The minimum absolute atomic E-state index is 0.00505. The second-order valence-corrected chi connectivity index (χ2v) is 4.90. The van der Waals surface area contributed by atoms with Crippen molar-refractivity contribution in [1.82, 2.24) is 0 Å². The lowest BCUT2D eigenvalue weighted by Crippen LogP contribution is -2.36. The highest BCUT2D eigenvalue weighted by molar-refractivity contribution is 6.39. The smallest absolute Gasteiger partial charge is 0.323 e. The van der Waals surface area contributed by atoms with Gasteiger partial charge >= 0.3 is 11.9 Å². The van der Waals surface area contributed by atoms with Crippen molar-refractivity contribution in [2.24, 2.45) is 5.92 Å². The van der Waals surface area contributed by atoms with Crippen LogP contribution in [0.2, 0.25) is 10.0 Å². The van der Waals surface area contributed by atoms with Gasteiger partial charge in [0.1, 0.15) is 6.54 Å². The third-order valence-electron chi connectivity index (χ3n) is 2.50. The van der Waals surface area contributed by atoms with Gasteiger partial charge in [0.25, 0.3) is 0 Å². The number of halogens is 2. The lowest BCUT2D eigenvalue weighted by Gasteiger charge is -2.26. The molecule has 0 saturated heterocycles. The molecule has 0 heterocycles. The quantitative estimate of drug-likeness (QED) is 0.844. The zero-order valence-electron chi connectivity index (χ0n) is 10.1. The summed E-state index contributed by atoms with van der Waals surface area (Å²) >= 11 is 12.0. The Balaban J connectivity index is 3.09. The maximum absolute atomic E-state index is 10.9. The van der Waals surface area contributed by atoms with E-state index in [0.717, 1.165) is 0 Å². The van der Waals surface area contributed by atoms with Gasteiger partial charge in [-0.1, -0.05) is 36.2 Å². The molecular formula is C12H13Cl2NO4. The zero-order valence-corrected chi connectivity index (χ0v) is 11.6. The monoisotopic (exact) mass is 305 g/mol. The van der Waals surface area contributed by atoms with Crippen molar-refractivity contribution in [3.8, 4) is 0 Å². The van der Waals surface area contributed by atoms with E-state index in [-0.39, 0.29) is 23.1 Å². The SMILES string of the molecule is CC(CN(CC(=O)O)c1c(Cl)cccc1Cl)C(=O)O. The molecule has 0 aliphatic heterocycles. The Morgan fingerprint density at radius 1 is 1.26 bits per heavy atom. The van der Waals surface area contributed by atoms with Crippen LogP contribution in [0.25, 0.3) is 0 Å². The number of para-hydroxylation sites is 1. The molecule has 1 unspecified atom stereocenters. The van der Waals surface area contributed by atoms with Gasteiger partial charge in [0.15, 0.2) is 0 Å². The van der Waals surface area contributed by atoms with Crippen LogP contribution in [0.5, 0.6) is 0 Å². The first kappa shape index (κ1) is 15.6. The van der Waals surface area contributed by atoms with Crippen LogP contribution in [0, 0.1) is 5.92 Å². The molecule has 1 aromatic rings. The number of benzene rings is 1. The number of carbonyl (C=O) groups is 2. The van der Waals surface area contributed by atoms with E-state index >= 15 is 0 Å². The van der Waals surface area contributed by atoms with Crippen LogP contribution in [0.4, 0.5) is 5.69 Å². The number of hydrogen-bond acceptors (Lipinski definition) is 3. The average molecular weight is 306 g/mol. The molecule has 19 heavy (non-hydrogen) atoms. The summed E-state index contributed by atoms with van der Waals surface area (Å²) in [7, 11) is 0. The Morgan fingerprint density at radius 2 is 1.79 bits per heavy atom. The fourth-order valence-corrected chi connectivity index (χ4v) is 2.23. The summed E-state index contributed by atoms with van der Waals surface area (Å²) in [6.07, 6.45) is 0. The van der Waals surface area contributed by atoms with Gasteiger partial charge in [-0.05, 0) is 12.1 Å². The van der Waals surface area contributed by atoms with Crippen molar-refractivity contribution in [2.75, 3.05) is 18.0 Å². The second-order valence-electron chi connectivity index (χ2n) is 4.08. The minimum Gasteiger partial charge on any atom is -0.481 e. The molecule has 5 nitrogen and oxygen atoms in total. The summed E-state index contributed by atoms with van der Waals surface area (Å²) in [5.41, 5.74) is 0.335. The molecule has 0 aliphatic carbocycles. The molecule has 0 spiro atoms. The van der Waals surface area contributed by atoms with E-state index in [1.807, 2.05) is 0 Å². The van der Waals surface area contributed by atoms with Crippen LogP contribution in [-0.4, -0.2) is 35.2 Å². The van der Waals surface area contributed by atoms with Crippen LogP contribution in [0.3, 0.4) is 0 Å². The lowest BCUT2D eigenvalue weighted by atomic mass is 10.1. The normalized spacial score (nSPS) is 11.9. The van der Waals surface area contributed by atoms with Crippen LogP contribution >= 0.6 is 23.2 Å². The number of aliphatic carboxylic acids is 2. The van der Waals surface area contributed by atoms with E-state index in [4.69, 9.17) is 33.4 Å². The Kier molecular flexibility index (Phi) is 5.44. The number of anilines is 1. The molecule has 104 valence electrons. The Morgan fingerprint density at radius 3 is 2.21 bits per heavy atom. The molecular weight excluding hydrogens is 293 g/mol.